The maximum atomic E-state index is 5.61. The lowest BCUT2D eigenvalue weighted by molar-refractivity contribution is 0.313. The first kappa shape index (κ1) is 13.6. The van der Waals surface area contributed by atoms with Gasteiger partial charge in [0.05, 0.1) is 5.69 Å². The molecule has 4 heteroatoms. The summed E-state index contributed by atoms with van der Waals surface area (Å²) in [6.45, 7) is 8.24. The summed E-state index contributed by atoms with van der Waals surface area (Å²) in [6, 6.07) is 6.36. The van der Waals surface area contributed by atoms with E-state index in [1.165, 1.54) is 22.3 Å². The van der Waals surface area contributed by atoms with Crippen LogP contribution in [-0.2, 0) is 13.1 Å². The molecule has 1 heterocycles. The lowest BCUT2D eigenvalue weighted by Gasteiger charge is -2.19. The summed E-state index contributed by atoms with van der Waals surface area (Å²) in [5, 5.41) is 6.89. The van der Waals surface area contributed by atoms with Gasteiger partial charge in [-0.25, -0.2) is 0 Å². The first-order valence-electron chi connectivity index (χ1n) is 6.50. The van der Waals surface area contributed by atoms with Gasteiger partial charge in [0.25, 0.3) is 0 Å². The molecule has 2 rings (SSSR count). The minimum absolute atomic E-state index is 0.547. The molecule has 19 heavy (non-hydrogen) atoms. The largest absolute Gasteiger partial charge is 0.382 e. The number of benzene rings is 1. The summed E-state index contributed by atoms with van der Waals surface area (Å²) in [4.78, 5) is 2.26. The fourth-order valence-corrected chi connectivity index (χ4v) is 2.54. The quantitative estimate of drug-likeness (QED) is 0.886. The molecule has 0 atom stereocenters. The van der Waals surface area contributed by atoms with Gasteiger partial charge in [-0.1, -0.05) is 17.7 Å². The Morgan fingerprint density at radius 3 is 2.26 bits per heavy atom. The van der Waals surface area contributed by atoms with Gasteiger partial charge in [0, 0.05) is 19.2 Å². The number of aryl methyl sites for hydroxylation is 3. The van der Waals surface area contributed by atoms with Crippen molar-refractivity contribution in [2.24, 2.45) is 0 Å². The number of nitrogens with zero attached hydrogens (tertiary/aromatic N) is 2. The lowest BCUT2D eigenvalue weighted by Crippen LogP contribution is -2.19. The van der Waals surface area contributed by atoms with E-state index in [0.29, 0.717) is 5.82 Å². The number of rotatable bonds is 4. The van der Waals surface area contributed by atoms with Gasteiger partial charge in [0.1, 0.15) is 5.82 Å². The normalized spacial score (nSPS) is 11.2. The maximum Gasteiger partial charge on any atom is 0.145 e. The number of hydrogen-bond acceptors (Lipinski definition) is 3. The lowest BCUT2D eigenvalue weighted by atomic mass is 9.99. The number of nitrogens with two attached hydrogens (primary N) is 1. The molecule has 0 saturated heterocycles. The number of H-pyrrole nitrogens is 1. The van der Waals surface area contributed by atoms with Crippen molar-refractivity contribution >= 4 is 5.82 Å². The molecule has 0 amide bonds. The molecule has 0 fully saturated rings. The summed E-state index contributed by atoms with van der Waals surface area (Å²) in [5.41, 5.74) is 12.1. The minimum Gasteiger partial charge on any atom is -0.382 e. The molecule has 0 bridgehead atoms. The minimum atomic E-state index is 0.547. The van der Waals surface area contributed by atoms with E-state index in [2.05, 4.69) is 55.0 Å². The summed E-state index contributed by atoms with van der Waals surface area (Å²) in [6.07, 6.45) is 0. The molecule has 102 valence electrons. The third-order valence-electron chi connectivity index (χ3n) is 3.36. The van der Waals surface area contributed by atoms with Crippen molar-refractivity contribution in [2.75, 3.05) is 12.8 Å². The van der Waals surface area contributed by atoms with Crippen molar-refractivity contribution in [3.05, 3.63) is 46.1 Å². The van der Waals surface area contributed by atoms with Gasteiger partial charge >= 0.3 is 0 Å². The van der Waals surface area contributed by atoms with Crippen LogP contribution in [0.5, 0.6) is 0 Å². The van der Waals surface area contributed by atoms with Crippen molar-refractivity contribution in [1.82, 2.24) is 15.1 Å². The molecular weight excluding hydrogens is 236 g/mol. The predicted molar refractivity (Wildman–Crippen MR) is 78.8 cm³/mol. The van der Waals surface area contributed by atoms with E-state index in [4.69, 9.17) is 5.73 Å². The monoisotopic (exact) mass is 258 g/mol. The zero-order chi connectivity index (χ0) is 14.0. The van der Waals surface area contributed by atoms with Gasteiger partial charge in [0.2, 0.25) is 0 Å². The van der Waals surface area contributed by atoms with E-state index in [-0.39, 0.29) is 0 Å². The van der Waals surface area contributed by atoms with Gasteiger partial charge in [-0.3, -0.25) is 10.00 Å². The van der Waals surface area contributed by atoms with Gasteiger partial charge < -0.3 is 5.73 Å². The molecule has 0 saturated carbocycles. The first-order valence-corrected chi connectivity index (χ1v) is 6.50. The number of anilines is 1. The standard InChI is InChI=1S/C15H22N4/c1-10-5-11(2)14(12(3)6-10)9-19(4)8-13-7-15(16)18-17-13/h5-7H,8-9H2,1-4H3,(H3,16,17,18). The van der Waals surface area contributed by atoms with Crippen LogP contribution >= 0.6 is 0 Å². The van der Waals surface area contributed by atoms with Crippen molar-refractivity contribution < 1.29 is 0 Å². The van der Waals surface area contributed by atoms with Gasteiger partial charge in [-0.2, -0.15) is 5.10 Å². The molecule has 2 aromatic rings. The average molecular weight is 258 g/mol. The van der Waals surface area contributed by atoms with Crippen LogP contribution in [0.25, 0.3) is 0 Å². The molecule has 0 radical (unpaired) electrons. The molecule has 0 aliphatic rings. The van der Waals surface area contributed by atoms with Crippen molar-refractivity contribution in [2.45, 2.75) is 33.9 Å². The highest BCUT2D eigenvalue weighted by Gasteiger charge is 2.08. The fraction of sp³-hybridized carbons (Fsp3) is 0.400. The topological polar surface area (TPSA) is 57.9 Å². The van der Waals surface area contributed by atoms with Crippen LogP contribution < -0.4 is 5.73 Å². The van der Waals surface area contributed by atoms with Crippen LogP contribution in [0.15, 0.2) is 18.2 Å². The smallest absolute Gasteiger partial charge is 0.145 e. The van der Waals surface area contributed by atoms with Crippen LogP contribution in [0.4, 0.5) is 5.82 Å². The van der Waals surface area contributed by atoms with E-state index in [9.17, 15) is 0 Å². The van der Waals surface area contributed by atoms with Gasteiger partial charge in [-0.15, -0.1) is 0 Å². The molecule has 0 spiro atoms. The van der Waals surface area contributed by atoms with Gasteiger partial charge in [0.15, 0.2) is 0 Å². The molecule has 1 aromatic heterocycles. The van der Waals surface area contributed by atoms with Crippen LogP contribution in [0, 0.1) is 20.8 Å². The number of nitrogens with one attached hydrogen (secondary N) is 1. The van der Waals surface area contributed by atoms with Crippen LogP contribution in [0.1, 0.15) is 27.9 Å². The number of aromatic nitrogens is 2. The number of nitrogen functional groups attached to an aromatic ring is 1. The molecule has 0 aliphatic heterocycles. The Bertz CT molecular complexity index is 548. The number of aromatic amines is 1. The van der Waals surface area contributed by atoms with Crippen LogP contribution in [0.2, 0.25) is 0 Å². The van der Waals surface area contributed by atoms with Crippen LogP contribution in [0.3, 0.4) is 0 Å². The Morgan fingerprint density at radius 1 is 1.11 bits per heavy atom. The highest BCUT2D eigenvalue weighted by Crippen LogP contribution is 2.18. The summed E-state index contributed by atoms with van der Waals surface area (Å²) in [5.74, 6) is 0.547. The van der Waals surface area contributed by atoms with Crippen molar-refractivity contribution in [1.29, 1.82) is 0 Å². The average Bonchev–Trinajstić information content (AvgIpc) is 2.69. The fourth-order valence-electron chi connectivity index (χ4n) is 2.54. The molecule has 3 N–H and O–H groups in total. The van der Waals surface area contributed by atoms with Crippen LogP contribution in [-0.4, -0.2) is 22.1 Å². The first-order chi connectivity index (χ1) is 8.95. The molecule has 4 nitrogen and oxygen atoms in total. The second-order valence-corrected chi connectivity index (χ2v) is 5.37. The highest BCUT2D eigenvalue weighted by atomic mass is 15.2. The second-order valence-electron chi connectivity index (χ2n) is 5.37. The Morgan fingerprint density at radius 2 is 1.74 bits per heavy atom. The summed E-state index contributed by atoms with van der Waals surface area (Å²) >= 11 is 0. The van der Waals surface area contributed by atoms with E-state index in [1.807, 2.05) is 6.07 Å². The summed E-state index contributed by atoms with van der Waals surface area (Å²) in [7, 11) is 2.11. The Kier molecular flexibility index (Phi) is 3.90. The highest BCUT2D eigenvalue weighted by molar-refractivity contribution is 5.37. The third kappa shape index (κ3) is 3.35. The third-order valence-corrected chi connectivity index (χ3v) is 3.36. The molecule has 0 aliphatic carbocycles. The maximum absolute atomic E-state index is 5.61. The van der Waals surface area contributed by atoms with E-state index < -0.39 is 0 Å². The van der Waals surface area contributed by atoms with Crippen molar-refractivity contribution in [3.63, 3.8) is 0 Å². The van der Waals surface area contributed by atoms with Gasteiger partial charge in [-0.05, 0) is 44.5 Å². The van der Waals surface area contributed by atoms with E-state index in [0.717, 1.165) is 18.8 Å². The van der Waals surface area contributed by atoms with E-state index in [1.54, 1.807) is 0 Å². The molecule has 1 aromatic carbocycles. The zero-order valence-corrected chi connectivity index (χ0v) is 12.1. The summed E-state index contributed by atoms with van der Waals surface area (Å²) < 4.78 is 0. The van der Waals surface area contributed by atoms with Crippen molar-refractivity contribution in [3.8, 4) is 0 Å². The van der Waals surface area contributed by atoms with E-state index >= 15 is 0 Å². The Labute approximate surface area is 114 Å². The SMILES string of the molecule is Cc1cc(C)c(CN(C)Cc2cc(N)n[nH]2)c(C)c1. The second kappa shape index (κ2) is 5.45. The zero-order valence-electron chi connectivity index (χ0n) is 12.1. The Balaban J connectivity index is 2.08. The Hall–Kier alpha value is -1.81. The number of hydrogen-bond donors (Lipinski definition) is 2. The molecular formula is C15H22N4. The predicted octanol–water partition coefficient (Wildman–Crippen LogP) is 2.55. The molecule has 0 unspecified atom stereocenters.